The number of nitrogens with two attached hydrogens (primary N) is 1. The zero-order chi connectivity index (χ0) is 30.2. The summed E-state index contributed by atoms with van der Waals surface area (Å²) >= 11 is 0. The molecule has 6 rings (SSSR count). The number of nitrogens with zero attached hydrogens (tertiary/aromatic N) is 2. The number of pyridine rings is 1. The summed E-state index contributed by atoms with van der Waals surface area (Å²) < 4.78 is 0. The van der Waals surface area contributed by atoms with E-state index in [1.54, 1.807) is 6.20 Å². The van der Waals surface area contributed by atoms with Crippen molar-refractivity contribution in [3.63, 3.8) is 0 Å². The summed E-state index contributed by atoms with van der Waals surface area (Å²) in [7, 11) is 0. The van der Waals surface area contributed by atoms with Crippen molar-refractivity contribution in [2.24, 2.45) is 16.6 Å². The van der Waals surface area contributed by atoms with Gasteiger partial charge >= 0.3 is 0 Å². The van der Waals surface area contributed by atoms with E-state index >= 15 is 0 Å². The number of carbonyl (C=O) groups excluding carboxylic acids is 2. The van der Waals surface area contributed by atoms with E-state index in [1.165, 1.54) is 5.56 Å². The van der Waals surface area contributed by atoms with Crippen molar-refractivity contribution in [3.05, 3.63) is 113 Å². The Hall–Kier alpha value is -4.16. The van der Waals surface area contributed by atoms with E-state index in [9.17, 15) is 9.59 Å². The molecule has 0 radical (unpaired) electrons. The molecule has 1 atom stereocenters. The SMILES string of the molecule is C.CC.NC1(C=NCCC2CCC(NC(=O)c3cccc4ncccc34)CC2)Cc2ccc(C(=O)Cc3ccccc3)cc21. The molecule has 0 aliphatic heterocycles. The van der Waals surface area contributed by atoms with E-state index in [0.717, 1.165) is 67.1 Å². The van der Waals surface area contributed by atoms with Gasteiger partial charge < -0.3 is 11.1 Å². The molecule has 0 spiro atoms. The monoisotopic (exact) mass is 590 g/mol. The van der Waals surface area contributed by atoms with Gasteiger partial charge in [-0.3, -0.25) is 19.6 Å². The number of benzene rings is 3. The van der Waals surface area contributed by atoms with E-state index in [4.69, 9.17) is 10.7 Å². The highest BCUT2D eigenvalue weighted by Gasteiger charge is 2.38. The molecule has 6 heteroatoms. The highest BCUT2D eigenvalue weighted by molar-refractivity contribution is 6.06. The van der Waals surface area contributed by atoms with Gasteiger partial charge in [-0.1, -0.05) is 75.9 Å². The molecule has 3 aromatic carbocycles. The van der Waals surface area contributed by atoms with Crippen LogP contribution in [0.2, 0.25) is 0 Å². The van der Waals surface area contributed by atoms with Crippen molar-refractivity contribution in [2.45, 2.75) is 77.8 Å². The molecule has 3 N–H and O–H groups in total. The minimum atomic E-state index is -0.600. The molecule has 1 unspecified atom stereocenters. The number of aliphatic imine (C=N–C) groups is 1. The molecule has 1 fully saturated rings. The van der Waals surface area contributed by atoms with E-state index in [1.807, 2.05) is 98.9 Å². The van der Waals surface area contributed by atoms with Crippen LogP contribution in [-0.4, -0.2) is 35.5 Å². The number of fused-ring (bicyclic) bond motifs is 2. The molecule has 1 aromatic heterocycles. The zero-order valence-corrected chi connectivity index (χ0v) is 25.3. The highest BCUT2D eigenvalue weighted by Crippen LogP contribution is 2.37. The molecular formula is C38H46N4O2. The summed E-state index contributed by atoms with van der Waals surface area (Å²) in [5.74, 6) is 0.688. The fraction of sp³-hybridized carbons (Fsp3) is 0.368. The molecule has 6 nitrogen and oxygen atoms in total. The second-order valence-corrected chi connectivity index (χ2v) is 11.6. The minimum Gasteiger partial charge on any atom is -0.349 e. The Morgan fingerprint density at radius 3 is 2.52 bits per heavy atom. The van der Waals surface area contributed by atoms with Crippen molar-refractivity contribution in [1.82, 2.24) is 10.3 Å². The summed E-state index contributed by atoms with van der Waals surface area (Å²) in [6.07, 6.45) is 9.93. The summed E-state index contributed by atoms with van der Waals surface area (Å²) in [4.78, 5) is 34.9. The quantitative estimate of drug-likeness (QED) is 0.156. The summed E-state index contributed by atoms with van der Waals surface area (Å²) in [5, 5.41) is 4.14. The predicted octanol–water partition coefficient (Wildman–Crippen LogP) is 7.48. The number of Topliss-reactive ketones (excluding diaryl/α,β-unsaturated/α-hetero) is 1. The topological polar surface area (TPSA) is 97.4 Å². The number of aromatic nitrogens is 1. The minimum absolute atomic E-state index is 0. The molecular weight excluding hydrogens is 544 g/mol. The third kappa shape index (κ3) is 7.48. The van der Waals surface area contributed by atoms with Crippen molar-refractivity contribution in [2.75, 3.05) is 6.54 Å². The van der Waals surface area contributed by atoms with Crippen LogP contribution in [0.5, 0.6) is 0 Å². The van der Waals surface area contributed by atoms with Gasteiger partial charge in [-0.2, -0.15) is 0 Å². The van der Waals surface area contributed by atoms with Crippen LogP contribution in [0.4, 0.5) is 0 Å². The van der Waals surface area contributed by atoms with Gasteiger partial charge in [0.1, 0.15) is 0 Å². The molecule has 1 saturated carbocycles. The molecule has 230 valence electrons. The average molecular weight is 591 g/mol. The van der Waals surface area contributed by atoms with Crippen molar-refractivity contribution < 1.29 is 9.59 Å². The third-order valence-electron chi connectivity index (χ3n) is 8.68. The van der Waals surface area contributed by atoms with Crippen LogP contribution in [0, 0.1) is 5.92 Å². The Morgan fingerprint density at radius 1 is 0.977 bits per heavy atom. The zero-order valence-electron chi connectivity index (χ0n) is 25.3. The fourth-order valence-corrected chi connectivity index (χ4v) is 6.28. The summed E-state index contributed by atoms with van der Waals surface area (Å²) in [5.41, 5.74) is 11.5. The lowest BCUT2D eigenvalue weighted by Crippen LogP contribution is -2.49. The maximum absolute atomic E-state index is 13.0. The first-order valence-electron chi connectivity index (χ1n) is 15.6. The second kappa shape index (κ2) is 15.0. The number of hydrogen-bond donors (Lipinski definition) is 2. The molecule has 2 aliphatic rings. The van der Waals surface area contributed by atoms with E-state index < -0.39 is 5.54 Å². The lowest BCUT2D eigenvalue weighted by molar-refractivity contribution is 0.0922. The predicted molar refractivity (Wildman–Crippen MR) is 181 cm³/mol. The fourth-order valence-electron chi connectivity index (χ4n) is 6.28. The highest BCUT2D eigenvalue weighted by atomic mass is 16.1. The molecule has 1 amide bonds. The molecule has 1 heterocycles. The number of hydrogen-bond acceptors (Lipinski definition) is 5. The van der Waals surface area contributed by atoms with E-state index in [-0.39, 0.29) is 25.2 Å². The van der Waals surface area contributed by atoms with Crippen LogP contribution in [0.1, 0.15) is 90.8 Å². The lowest BCUT2D eigenvalue weighted by atomic mass is 9.71. The number of rotatable bonds is 9. The van der Waals surface area contributed by atoms with Crippen LogP contribution in [0.15, 0.2) is 90.1 Å². The van der Waals surface area contributed by atoms with Crippen molar-refractivity contribution in [1.29, 1.82) is 0 Å². The van der Waals surface area contributed by atoms with Gasteiger partial charge in [0.15, 0.2) is 5.78 Å². The first-order valence-corrected chi connectivity index (χ1v) is 15.6. The maximum atomic E-state index is 13.0. The van der Waals surface area contributed by atoms with Crippen LogP contribution in [-0.2, 0) is 18.4 Å². The Kier molecular flexibility index (Phi) is 11.2. The van der Waals surface area contributed by atoms with Crippen molar-refractivity contribution >= 4 is 28.8 Å². The van der Waals surface area contributed by atoms with Gasteiger partial charge in [0.2, 0.25) is 0 Å². The Labute approximate surface area is 262 Å². The van der Waals surface area contributed by atoms with Gasteiger partial charge in [0.25, 0.3) is 5.91 Å². The van der Waals surface area contributed by atoms with Gasteiger partial charge in [-0.05, 0) is 79.0 Å². The average Bonchev–Trinajstić information content (AvgIpc) is 3.04. The van der Waals surface area contributed by atoms with Crippen LogP contribution in [0.25, 0.3) is 10.9 Å². The third-order valence-corrected chi connectivity index (χ3v) is 8.68. The number of nitrogens with one attached hydrogen (secondary N) is 1. The number of ketones is 1. The van der Waals surface area contributed by atoms with E-state index in [0.29, 0.717) is 23.5 Å². The molecule has 44 heavy (non-hydrogen) atoms. The Balaban J connectivity index is 0.00000144. The second-order valence-electron chi connectivity index (χ2n) is 11.6. The first-order chi connectivity index (χ1) is 21.0. The first kappa shape index (κ1) is 32.7. The maximum Gasteiger partial charge on any atom is 0.252 e. The van der Waals surface area contributed by atoms with Crippen LogP contribution < -0.4 is 11.1 Å². The van der Waals surface area contributed by atoms with Gasteiger partial charge in [-0.15, -0.1) is 0 Å². The Morgan fingerprint density at radius 2 is 1.75 bits per heavy atom. The number of amides is 1. The van der Waals surface area contributed by atoms with Crippen LogP contribution in [0.3, 0.4) is 0 Å². The summed E-state index contributed by atoms with van der Waals surface area (Å²) in [6, 6.07) is 25.4. The van der Waals surface area contributed by atoms with Crippen LogP contribution >= 0.6 is 0 Å². The molecule has 0 saturated heterocycles. The largest absolute Gasteiger partial charge is 0.349 e. The standard InChI is InChI=1S/C35H36N4O2.C2H6.CH4/c36-35(22-27-14-13-26(21-31(27)35)33(40)20-25-6-2-1-3-7-25)23-37-19-17-24-11-15-28(16-12-24)39-34(41)30-8-4-10-32-29(30)9-5-18-38-32;1-2;/h1-10,13-14,18,21,23-24,28H,11-12,15-17,19-20,22,36H2,(H,39,41);1-2H3;1H4. The molecule has 2 aliphatic carbocycles. The van der Waals surface area contributed by atoms with Gasteiger partial charge in [0, 0.05) is 54.4 Å². The van der Waals surface area contributed by atoms with Gasteiger partial charge in [0.05, 0.1) is 11.1 Å². The lowest BCUT2D eigenvalue weighted by Gasteiger charge is -2.38. The smallest absolute Gasteiger partial charge is 0.252 e. The number of carbonyl (C=O) groups is 2. The molecule has 0 bridgehead atoms. The summed E-state index contributed by atoms with van der Waals surface area (Å²) in [6.45, 7) is 4.74. The normalized spacial score (nSPS) is 20.4. The van der Waals surface area contributed by atoms with Gasteiger partial charge in [-0.25, -0.2) is 0 Å². The Bertz CT molecular complexity index is 1590. The molecule has 4 aromatic rings. The van der Waals surface area contributed by atoms with E-state index in [2.05, 4.69) is 10.3 Å². The van der Waals surface area contributed by atoms with Crippen molar-refractivity contribution in [3.8, 4) is 0 Å².